The molecule has 1 aromatic rings. The summed E-state index contributed by atoms with van der Waals surface area (Å²) >= 11 is 0. The number of nitrogens with zero attached hydrogens (tertiary/aromatic N) is 2. The minimum Gasteiger partial charge on any atom is -0.368 e. The maximum absolute atomic E-state index is 13.6. The van der Waals surface area contributed by atoms with Crippen molar-refractivity contribution < 1.29 is 9.31 Å². The number of nitro groups is 1. The van der Waals surface area contributed by atoms with Gasteiger partial charge in [0.05, 0.1) is 11.0 Å². The van der Waals surface area contributed by atoms with Crippen molar-refractivity contribution in [3.63, 3.8) is 0 Å². The normalized spacial score (nSPS) is 26.3. The largest absolute Gasteiger partial charge is 0.368 e. The zero-order valence-corrected chi connectivity index (χ0v) is 10.7. The molecule has 0 radical (unpaired) electrons. The number of nitro benzene ring substituents is 1. The van der Waals surface area contributed by atoms with Gasteiger partial charge in [-0.3, -0.25) is 10.1 Å². The van der Waals surface area contributed by atoms with E-state index in [4.69, 9.17) is 0 Å². The van der Waals surface area contributed by atoms with Crippen LogP contribution in [0.3, 0.4) is 0 Å². The fraction of sp³-hybridized carbons (Fsp3) is 0.571. The predicted molar refractivity (Wildman–Crippen MR) is 70.8 cm³/mol. The first-order valence-electron chi connectivity index (χ1n) is 6.87. The van der Waals surface area contributed by atoms with E-state index in [1.165, 1.54) is 31.4 Å². The summed E-state index contributed by atoms with van der Waals surface area (Å²) in [5, 5.41) is 10.8. The van der Waals surface area contributed by atoms with Gasteiger partial charge in [-0.05, 0) is 37.7 Å². The molecule has 5 heteroatoms. The van der Waals surface area contributed by atoms with Gasteiger partial charge in [-0.2, -0.15) is 0 Å². The maximum Gasteiger partial charge on any atom is 0.274 e. The van der Waals surface area contributed by atoms with Crippen molar-refractivity contribution in [1.29, 1.82) is 0 Å². The fourth-order valence-electron chi connectivity index (χ4n) is 3.60. The highest BCUT2D eigenvalue weighted by Gasteiger charge is 2.35. The number of anilines is 1. The molecule has 1 heterocycles. The number of piperidine rings is 1. The zero-order chi connectivity index (χ0) is 13.4. The molecule has 0 bridgehead atoms. The van der Waals surface area contributed by atoms with Crippen LogP contribution in [0.15, 0.2) is 18.2 Å². The number of rotatable bonds is 2. The van der Waals surface area contributed by atoms with E-state index in [0.29, 0.717) is 17.6 Å². The molecule has 2 unspecified atom stereocenters. The minimum absolute atomic E-state index is 0.157. The number of hydrogen-bond donors (Lipinski definition) is 0. The predicted octanol–water partition coefficient (Wildman–Crippen LogP) is 3.50. The lowest BCUT2D eigenvalue weighted by molar-refractivity contribution is -0.385. The first kappa shape index (κ1) is 12.4. The minimum atomic E-state index is -0.525. The first-order valence-corrected chi connectivity index (χ1v) is 6.87. The van der Waals surface area contributed by atoms with Crippen molar-refractivity contribution in [1.82, 2.24) is 0 Å². The number of benzene rings is 1. The van der Waals surface area contributed by atoms with Gasteiger partial charge in [-0.1, -0.05) is 6.42 Å². The number of non-ortho nitro benzene ring substituents is 1. The van der Waals surface area contributed by atoms with Crippen LogP contribution in [-0.2, 0) is 0 Å². The molecule has 4 nitrogen and oxygen atoms in total. The van der Waals surface area contributed by atoms with Crippen molar-refractivity contribution in [2.45, 2.75) is 38.1 Å². The summed E-state index contributed by atoms with van der Waals surface area (Å²) in [5.74, 6) is 0.153. The molecule has 3 rings (SSSR count). The Bertz CT molecular complexity index is 506. The number of fused-ring (bicyclic) bond motifs is 1. The fourth-order valence-corrected chi connectivity index (χ4v) is 3.60. The average Bonchev–Trinajstić information content (AvgIpc) is 2.85. The van der Waals surface area contributed by atoms with Gasteiger partial charge in [0.2, 0.25) is 0 Å². The van der Waals surface area contributed by atoms with Crippen molar-refractivity contribution in [2.75, 3.05) is 11.4 Å². The lowest BCUT2D eigenvalue weighted by Gasteiger charge is -2.39. The molecule has 0 spiro atoms. The molecule has 1 aromatic carbocycles. The second-order valence-electron chi connectivity index (χ2n) is 5.52. The SMILES string of the molecule is O=[N+]([O-])c1cc(F)cc(N2CCCC3CCCC32)c1. The van der Waals surface area contributed by atoms with Gasteiger partial charge in [0.1, 0.15) is 5.82 Å². The topological polar surface area (TPSA) is 46.4 Å². The van der Waals surface area contributed by atoms with Gasteiger partial charge in [0, 0.05) is 24.3 Å². The molecule has 2 aliphatic rings. The highest BCUT2D eigenvalue weighted by molar-refractivity contribution is 5.55. The quantitative estimate of drug-likeness (QED) is 0.606. The summed E-state index contributed by atoms with van der Waals surface area (Å²) in [6, 6.07) is 4.35. The van der Waals surface area contributed by atoms with E-state index in [9.17, 15) is 14.5 Å². The Kier molecular flexibility index (Phi) is 3.12. The molecule has 1 aliphatic carbocycles. The summed E-state index contributed by atoms with van der Waals surface area (Å²) in [4.78, 5) is 12.5. The molecule has 0 amide bonds. The van der Waals surface area contributed by atoms with Gasteiger partial charge < -0.3 is 4.90 Å². The molecule has 0 N–H and O–H groups in total. The van der Waals surface area contributed by atoms with E-state index in [1.54, 1.807) is 0 Å². The third-order valence-corrected chi connectivity index (χ3v) is 4.40. The highest BCUT2D eigenvalue weighted by Crippen LogP contribution is 2.39. The van der Waals surface area contributed by atoms with Crippen LogP contribution >= 0.6 is 0 Å². The van der Waals surface area contributed by atoms with E-state index < -0.39 is 10.7 Å². The standard InChI is InChI=1S/C14H17FN2O2/c15-11-7-12(9-13(8-11)17(18)19)16-6-2-4-10-3-1-5-14(10)16/h7-10,14H,1-6H2. The van der Waals surface area contributed by atoms with Crippen LogP contribution in [0.25, 0.3) is 0 Å². The van der Waals surface area contributed by atoms with E-state index in [2.05, 4.69) is 4.90 Å². The summed E-state index contributed by atoms with van der Waals surface area (Å²) in [5.41, 5.74) is 0.512. The monoisotopic (exact) mass is 264 g/mol. The second kappa shape index (κ2) is 4.79. The van der Waals surface area contributed by atoms with Crippen LogP contribution in [-0.4, -0.2) is 17.5 Å². The van der Waals surface area contributed by atoms with Crippen LogP contribution in [0.5, 0.6) is 0 Å². The summed E-state index contributed by atoms with van der Waals surface area (Å²) in [7, 11) is 0. The van der Waals surface area contributed by atoms with Crippen molar-refractivity contribution in [3.8, 4) is 0 Å². The Labute approximate surface area is 111 Å². The Morgan fingerprint density at radius 3 is 2.79 bits per heavy atom. The van der Waals surface area contributed by atoms with E-state index in [0.717, 1.165) is 25.5 Å². The summed E-state index contributed by atoms with van der Waals surface area (Å²) < 4.78 is 13.6. The molecular weight excluding hydrogens is 247 g/mol. The van der Waals surface area contributed by atoms with Crippen molar-refractivity contribution >= 4 is 11.4 Å². The molecule has 1 aliphatic heterocycles. The number of halogens is 1. The van der Waals surface area contributed by atoms with Crippen LogP contribution in [0.4, 0.5) is 15.8 Å². The summed E-state index contributed by atoms with van der Waals surface area (Å²) in [6.07, 6.45) is 5.89. The third-order valence-electron chi connectivity index (χ3n) is 4.40. The van der Waals surface area contributed by atoms with Gasteiger partial charge in [-0.15, -0.1) is 0 Å². The molecule has 102 valence electrons. The zero-order valence-electron chi connectivity index (χ0n) is 10.7. The molecule has 2 fully saturated rings. The maximum atomic E-state index is 13.6. The van der Waals surface area contributed by atoms with Crippen LogP contribution in [0.2, 0.25) is 0 Å². The van der Waals surface area contributed by atoms with Gasteiger partial charge in [-0.25, -0.2) is 4.39 Å². The van der Waals surface area contributed by atoms with Crippen LogP contribution in [0, 0.1) is 21.8 Å². The molecule has 1 saturated heterocycles. The smallest absolute Gasteiger partial charge is 0.274 e. The second-order valence-corrected chi connectivity index (χ2v) is 5.52. The lowest BCUT2D eigenvalue weighted by atomic mass is 9.91. The van der Waals surface area contributed by atoms with Gasteiger partial charge in [0.25, 0.3) is 5.69 Å². The molecule has 0 aromatic heterocycles. The molecule has 19 heavy (non-hydrogen) atoms. The molecule has 1 saturated carbocycles. The Balaban J connectivity index is 1.94. The third kappa shape index (κ3) is 2.29. The summed E-state index contributed by atoms with van der Waals surface area (Å²) in [6.45, 7) is 0.877. The Morgan fingerprint density at radius 1 is 1.21 bits per heavy atom. The van der Waals surface area contributed by atoms with Crippen molar-refractivity contribution in [2.24, 2.45) is 5.92 Å². The van der Waals surface area contributed by atoms with Crippen molar-refractivity contribution in [3.05, 3.63) is 34.1 Å². The first-order chi connectivity index (χ1) is 9.15. The van der Waals surface area contributed by atoms with E-state index >= 15 is 0 Å². The Hall–Kier alpha value is -1.65. The lowest BCUT2D eigenvalue weighted by Crippen LogP contribution is -2.42. The van der Waals surface area contributed by atoms with E-state index in [-0.39, 0.29) is 5.69 Å². The number of hydrogen-bond acceptors (Lipinski definition) is 3. The molecule has 2 atom stereocenters. The highest BCUT2D eigenvalue weighted by atomic mass is 19.1. The van der Waals surface area contributed by atoms with Gasteiger partial charge >= 0.3 is 0 Å². The Morgan fingerprint density at radius 2 is 2.00 bits per heavy atom. The van der Waals surface area contributed by atoms with Gasteiger partial charge in [0.15, 0.2) is 0 Å². The van der Waals surface area contributed by atoms with Crippen LogP contribution in [0.1, 0.15) is 32.1 Å². The molecular formula is C14H17FN2O2. The van der Waals surface area contributed by atoms with E-state index in [1.807, 2.05) is 0 Å². The average molecular weight is 264 g/mol. The van der Waals surface area contributed by atoms with Crippen LogP contribution < -0.4 is 4.90 Å².